The molecule has 0 aliphatic heterocycles. The number of carboxylic acids is 1. The molecule has 1 aromatic heterocycles. The highest BCUT2D eigenvalue weighted by atomic mass is 35.5. The third kappa shape index (κ3) is 4.40. The number of benzene rings is 2. The number of hydrogen-bond donors (Lipinski definition) is 1. The minimum absolute atomic E-state index is 0.0405. The Morgan fingerprint density at radius 1 is 0.613 bits per heavy atom. The third-order valence-corrected chi connectivity index (χ3v) is 8.61. The van der Waals surface area contributed by atoms with Crippen LogP contribution in [0.1, 0.15) is 10.4 Å². The Bertz CT molecular complexity index is 1220. The summed E-state index contributed by atoms with van der Waals surface area (Å²) in [7, 11) is 0. The van der Waals surface area contributed by atoms with Gasteiger partial charge in [0.2, 0.25) is 0 Å². The standard InChI is InChI=1S/C18H3Cl10NO2/c19-7-5(8(20)12(24)15(27)11(7)23)4-1-3(18(30)31)2-29-17(4)6-9(21)13(25)16(28)14(26)10(6)22/h1-2H,(H,30,31). The van der Waals surface area contributed by atoms with Crippen molar-refractivity contribution < 1.29 is 9.90 Å². The Balaban J connectivity index is 2.54. The summed E-state index contributed by atoms with van der Waals surface area (Å²) in [6.07, 6.45) is 1.07. The first kappa shape index (κ1) is 25.6. The predicted octanol–water partition coefficient (Wildman–Crippen LogP) is 10.6. The maximum atomic E-state index is 11.6. The number of rotatable bonds is 3. The molecule has 2 aromatic carbocycles. The number of nitrogens with zero attached hydrogens (tertiary/aromatic N) is 1. The van der Waals surface area contributed by atoms with Gasteiger partial charge in [0, 0.05) is 22.9 Å². The number of pyridine rings is 1. The van der Waals surface area contributed by atoms with Crippen molar-refractivity contribution in [2.45, 2.75) is 0 Å². The molecule has 0 aliphatic rings. The maximum Gasteiger partial charge on any atom is 0.337 e. The van der Waals surface area contributed by atoms with Crippen molar-refractivity contribution in [1.82, 2.24) is 4.98 Å². The highest BCUT2D eigenvalue weighted by Crippen LogP contribution is 2.53. The summed E-state index contributed by atoms with van der Waals surface area (Å²) in [5.74, 6) is -1.27. The van der Waals surface area contributed by atoms with E-state index in [4.69, 9.17) is 116 Å². The first-order valence-electron chi connectivity index (χ1n) is 7.67. The van der Waals surface area contributed by atoms with Gasteiger partial charge in [-0.15, -0.1) is 0 Å². The van der Waals surface area contributed by atoms with E-state index < -0.39 is 5.97 Å². The molecule has 162 valence electrons. The fourth-order valence-electron chi connectivity index (χ4n) is 2.63. The van der Waals surface area contributed by atoms with Crippen LogP contribution in [0.15, 0.2) is 12.3 Å². The van der Waals surface area contributed by atoms with Crippen LogP contribution in [0, 0.1) is 0 Å². The van der Waals surface area contributed by atoms with Gasteiger partial charge in [-0.1, -0.05) is 116 Å². The van der Waals surface area contributed by atoms with E-state index in [-0.39, 0.29) is 78.2 Å². The molecule has 0 radical (unpaired) electrons. The van der Waals surface area contributed by atoms with Gasteiger partial charge in [-0.25, -0.2) is 4.79 Å². The van der Waals surface area contributed by atoms with Gasteiger partial charge in [-0.2, -0.15) is 0 Å². The molecule has 0 saturated heterocycles. The number of aromatic nitrogens is 1. The molecule has 0 fully saturated rings. The normalized spacial score (nSPS) is 11.2. The van der Waals surface area contributed by atoms with Crippen molar-refractivity contribution in [3.63, 3.8) is 0 Å². The van der Waals surface area contributed by atoms with E-state index in [1.807, 2.05) is 0 Å². The van der Waals surface area contributed by atoms with Crippen molar-refractivity contribution in [3.05, 3.63) is 68.1 Å². The second kappa shape index (κ2) is 9.68. The molecule has 3 nitrogen and oxygen atoms in total. The van der Waals surface area contributed by atoms with Crippen LogP contribution in [-0.4, -0.2) is 16.1 Å². The van der Waals surface area contributed by atoms with E-state index in [0.29, 0.717) is 0 Å². The average Bonchev–Trinajstić information content (AvgIpc) is 2.74. The molecule has 1 N–H and O–H groups in total. The third-order valence-electron chi connectivity index (χ3n) is 4.06. The second-order valence-electron chi connectivity index (χ2n) is 5.82. The van der Waals surface area contributed by atoms with Crippen LogP contribution in [0.3, 0.4) is 0 Å². The lowest BCUT2D eigenvalue weighted by atomic mass is 9.97. The molecule has 3 rings (SSSR count). The Morgan fingerprint density at radius 3 is 1.35 bits per heavy atom. The van der Waals surface area contributed by atoms with Crippen molar-refractivity contribution in [3.8, 4) is 22.4 Å². The van der Waals surface area contributed by atoms with Gasteiger partial charge in [0.25, 0.3) is 0 Å². The molecular weight excluding hydrogens is 617 g/mol. The van der Waals surface area contributed by atoms with Crippen LogP contribution in [-0.2, 0) is 0 Å². The van der Waals surface area contributed by atoms with E-state index in [0.717, 1.165) is 6.20 Å². The monoisotopic (exact) mass is 615 g/mol. The fourth-order valence-corrected chi connectivity index (χ4v) is 5.29. The zero-order valence-electron chi connectivity index (χ0n) is 14.2. The number of carbonyl (C=O) groups is 1. The first-order valence-corrected chi connectivity index (χ1v) is 11.4. The van der Waals surface area contributed by atoms with Crippen molar-refractivity contribution >= 4 is 122 Å². The molecule has 0 amide bonds. The summed E-state index contributed by atoms with van der Waals surface area (Å²) in [5.41, 5.74) is 0.0190. The lowest BCUT2D eigenvalue weighted by molar-refractivity contribution is 0.0696. The quantitative estimate of drug-likeness (QED) is 0.234. The summed E-state index contributed by atoms with van der Waals surface area (Å²) >= 11 is 62.4. The lowest BCUT2D eigenvalue weighted by Gasteiger charge is -2.18. The van der Waals surface area contributed by atoms with Crippen LogP contribution in [0.4, 0.5) is 0 Å². The van der Waals surface area contributed by atoms with Gasteiger partial charge in [0.15, 0.2) is 0 Å². The summed E-state index contributed by atoms with van der Waals surface area (Å²) in [5, 5.41) is 8.52. The topological polar surface area (TPSA) is 50.2 Å². The summed E-state index contributed by atoms with van der Waals surface area (Å²) in [4.78, 5) is 15.8. The Kier molecular flexibility index (Phi) is 7.98. The van der Waals surface area contributed by atoms with Crippen molar-refractivity contribution in [2.75, 3.05) is 0 Å². The molecule has 31 heavy (non-hydrogen) atoms. The number of carboxylic acid groups (broad SMARTS) is 1. The Labute approximate surface area is 225 Å². The van der Waals surface area contributed by atoms with Crippen LogP contribution in [0.2, 0.25) is 50.2 Å². The van der Waals surface area contributed by atoms with Crippen LogP contribution >= 0.6 is 116 Å². The molecule has 1 heterocycles. The maximum absolute atomic E-state index is 11.6. The summed E-state index contributed by atoms with van der Waals surface area (Å²) in [6, 6.07) is 1.24. The zero-order chi connectivity index (χ0) is 23.4. The van der Waals surface area contributed by atoms with E-state index in [1.165, 1.54) is 6.07 Å². The van der Waals surface area contributed by atoms with E-state index in [2.05, 4.69) is 4.98 Å². The van der Waals surface area contributed by atoms with E-state index in [1.54, 1.807) is 0 Å². The molecule has 0 atom stereocenters. The SMILES string of the molecule is O=C(O)c1cnc(-c2c(Cl)c(Cl)c(Cl)c(Cl)c2Cl)c(-c2c(Cl)c(Cl)c(Cl)c(Cl)c2Cl)c1. The smallest absolute Gasteiger partial charge is 0.337 e. The number of halogens is 10. The minimum atomic E-state index is -1.27. The predicted molar refractivity (Wildman–Crippen MR) is 132 cm³/mol. The molecule has 0 bridgehead atoms. The van der Waals surface area contributed by atoms with Gasteiger partial charge >= 0.3 is 5.97 Å². The Hall–Kier alpha value is -0.0400. The molecule has 3 aromatic rings. The van der Waals surface area contributed by atoms with Gasteiger partial charge in [-0.05, 0) is 6.07 Å². The second-order valence-corrected chi connectivity index (χ2v) is 9.59. The largest absolute Gasteiger partial charge is 0.478 e. The molecule has 0 unspecified atom stereocenters. The molecule has 0 spiro atoms. The van der Waals surface area contributed by atoms with Gasteiger partial charge < -0.3 is 5.11 Å². The highest BCUT2D eigenvalue weighted by molar-refractivity contribution is 6.58. The van der Waals surface area contributed by atoms with Crippen LogP contribution in [0.25, 0.3) is 22.4 Å². The van der Waals surface area contributed by atoms with Crippen molar-refractivity contribution in [2.24, 2.45) is 0 Å². The van der Waals surface area contributed by atoms with Gasteiger partial charge in [0.1, 0.15) is 0 Å². The molecule has 13 heteroatoms. The van der Waals surface area contributed by atoms with Gasteiger partial charge in [0.05, 0.1) is 61.5 Å². The molecule has 0 aliphatic carbocycles. The lowest BCUT2D eigenvalue weighted by Crippen LogP contribution is -2.02. The van der Waals surface area contributed by atoms with E-state index >= 15 is 0 Å². The Morgan fingerprint density at radius 2 is 0.968 bits per heavy atom. The molecule has 0 saturated carbocycles. The minimum Gasteiger partial charge on any atom is -0.478 e. The number of aromatic carboxylic acids is 1. The summed E-state index contributed by atoms with van der Waals surface area (Å²) in [6.45, 7) is 0. The van der Waals surface area contributed by atoms with Crippen LogP contribution in [0.5, 0.6) is 0 Å². The summed E-state index contributed by atoms with van der Waals surface area (Å²) < 4.78 is 0. The number of hydrogen-bond acceptors (Lipinski definition) is 2. The zero-order valence-corrected chi connectivity index (χ0v) is 21.8. The van der Waals surface area contributed by atoms with Crippen molar-refractivity contribution in [1.29, 1.82) is 0 Å². The highest BCUT2D eigenvalue weighted by Gasteiger charge is 2.28. The molecular formula is C18H3Cl10NO2. The fraction of sp³-hybridized carbons (Fsp3) is 0. The first-order chi connectivity index (χ1) is 14.4. The van der Waals surface area contributed by atoms with Gasteiger partial charge in [-0.3, -0.25) is 4.98 Å². The van der Waals surface area contributed by atoms with Crippen LogP contribution < -0.4 is 0 Å². The average molecular weight is 620 g/mol. The van der Waals surface area contributed by atoms with E-state index in [9.17, 15) is 9.90 Å².